The highest BCUT2D eigenvalue weighted by Crippen LogP contribution is 2.12. The lowest BCUT2D eigenvalue weighted by Crippen LogP contribution is -2.15. The van der Waals surface area contributed by atoms with Crippen molar-refractivity contribution in [2.75, 3.05) is 17.2 Å². The molecule has 0 unspecified atom stereocenters. The Morgan fingerprint density at radius 3 is 2.73 bits per heavy atom. The van der Waals surface area contributed by atoms with E-state index in [1.165, 1.54) is 0 Å². The molecule has 0 aliphatic carbocycles. The lowest BCUT2D eigenvalue weighted by atomic mass is 10.2. The molecule has 1 heterocycles. The first-order chi connectivity index (χ1) is 10.6. The van der Waals surface area contributed by atoms with Gasteiger partial charge < -0.3 is 10.6 Å². The average molecular weight is 293 g/mol. The van der Waals surface area contributed by atoms with Gasteiger partial charge in [0.1, 0.15) is 17.3 Å². The maximum absolute atomic E-state index is 12.2. The number of benzene rings is 1. The third kappa shape index (κ3) is 3.90. The van der Waals surface area contributed by atoms with E-state index >= 15 is 0 Å². The van der Waals surface area contributed by atoms with Crippen molar-refractivity contribution in [1.82, 2.24) is 9.97 Å². The highest BCUT2D eigenvalue weighted by atomic mass is 16.1. The van der Waals surface area contributed by atoms with Crippen molar-refractivity contribution in [3.63, 3.8) is 0 Å². The van der Waals surface area contributed by atoms with Crippen LogP contribution in [0.1, 0.15) is 21.9 Å². The summed E-state index contributed by atoms with van der Waals surface area (Å²) in [5.41, 5.74) is 1.40. The Kier molecular flexibility index (Phi) is 4.83. The molecule has 0 aliphatic heterocycles. The van der Waals surface area contributed by atoms with E-state index in [9.17, 15) is 4.79 Å². The first kappa shape index (κ1) is 15.2. The summed E-state index contributed by atoms with van der Waals surface area (Å²) in [5, 5.41) is 14.5. The van der Waals surface area contributed by atoms with Gasteiger partial charge in [-0.25, -0.2) is 9.97 Å². The van der Waals surface area contributed by atoms with Crippen LogP contribution in [-0.4, -0.2) is 22.4 Å². The van der Waals surface area contributed by atoms with E-state index in [0.29, 0.717) is 29.4 Å². The first-order valence-corrected chi connectivity index (χ1v) is 6.64. The van der Waals surface area contributed by atoms with Crippen LogP contribution in [0.3, 0.4) is 0 Å². The van der Waals surface area contributed by atoms with Gasteiger partial charge in [0.25, 0.3) is 5.91 Å². The van der Waals surface area contributed by atoms with Gasteiger partial charge in [0.2, 0.25) is 0 Å². The number of hydrogen-bond acceptors (Lipinski definition) is 5. The molecular weight excluding hydrogens is 278 g/mol. The predicted octanol–water partition coefficient (Wildman–Crippen LogP) is 2.51. The van der Waals surface area contributed by atoms with Gasteiger partial charge in [-0.05, 0) is 31.2 Å². The normalized spacial score (nSPS) is 9.64. The molecule has 1 amide bonds. The fraction of sp³-hybridized carbons (Fsp3) is 0.125. The molecule has 0 saturated heterocycles. The monoisotopic (exact) mass is 293 g/mol. The lowest BCUT2D eigenvalue weighted by molar-refractivity contribution is 0.102. The molecule has 0 aliphatic rings. The summed E-state index contributed by atoms with van der Waals surface area (Å²) in [7, 11) is 0. The lowest BCUT2D eigenvalue weighted by Gasteiger charge is -2.08. The second kappa shape index (κ2) is 6.99. The highest BCUT2D eigenvalue weighted by Gasteiger charge is 2.10. The summed E-state index contributed by atoms with van der Waals surface area (Å²) in [6.45, 7) is 5.89. The zero-order valence-corrected chi connectivity index (χ0v) is 12.1. The zero-order valence-electron chi connectivity index (χ0n) is 12.1. The molecule has 0 fully saturated rings. The van der Waals surface area contributed by atoms with Crippen LogP contribution in [0.25, 0.3) is 0 Å². The largest absolute Gasteiger partial charge is 0.366 e. The maximum atomic E-state index is 12.2. The molecule has 0 atom stereocenters. The number of aromatic nitrogens is 2. The van der Waals surface area contributed by atoms with Crippen molar-refractivity contribution in [2.24, 2.45) is 0 Å². The Balaban J connectivity index is 2.16. The van der Waals surface area contributed by atoms with E-state index < -0.39 is 0 Å². The maximum Gasteiger partial charge on any atom is 0.274 e. The number of anilines is 2. The smallest absolute Gasteiger partial charge is 0.274 e. The minimum absolute atomic E-state index is 0.267. The van der Waals surface area contributed by atoms with Gasteiger partial charge in [0.15, 0.2) is 0 Å². The average Bonchev–Trinajstić information content (AvgIpc) is 2.53. The second-order valence-corrected chi connectivity index (χ2v) is 4.50. The Morgan fingerprint density at radius 2 is 2.09 bits per heavy atom. The molecule has 1 aromatic carbocycles. The van der Waals surface area contributed by atoms with Gasteiger partial charge in [-0.3, -0.25) is 4.79 Å². The van der Waals surface area contributed by atoms with E-state index in [1.54, 1.807) is 43.3 Å². The Morgan fingerprint density at radius 1 is 1.36 bits per heavy atom. The van der Waals surface area contributed by atoms with Gasteiger partial charge >= 0.3 is 0 Å². The van der Waals surface area contributed by atoms with Crippen molar-refractivity contribution < 1.29 is 4.79 Å². The molecule has 0 saturated carbocycles. The fourth-order valence-electron chi connectivity index (χ4n) is 1.77. The van der Waals surface area contributed by atoms with Crippen LogP contribution in [0.5, 0.6) is 0 Å². The minimum Gasteiger partial charge on any atom is -0.366 e. The van der Waals surface area contributed by atoms with E-state index in [4.69, 9.17) is 5.26 Å². The van der Waals surface area contributed by atoms with Crippen LogP contribution in [0.2, 0.25) is 0 Å². The van der Waals surface area contributed by atoms with Crippen molar-refractivity contribution in [2.45, 2.75) is 6.92 Å². The summed E-state index contributed by atoms with van der Waals surface area (Å²) in [6, 6.07) is 10.2. The molecular formula is C16H15N5O. The quantitative estimate of drug-likeness (QED) is 0.826. The number of nitriles is 1. The fourth-order valence-corrected chi connectivity index (χ4v) is 1.77. The molecule has 0 radical (unpaired) electrons. The van der Waals surface area contributed by atoms with Crippen LogP contribution < -0.4 is 10.6 Å². The van der Waals surface area contributed by atoms with Crippen LogP contribution in [-0.2, 0) is 0 Å². The van der Waals surface area contributed by atoms with Crippen molar-refractivity contribution in [3.05, 3.63) is 60.1 Å². The number of nitrogens with one attached hydrogen (secondary N) is 2. The van der Waals surface area contributed by atoms with Crippen molar-refractivity contribution >= 4 is 17.4 Å². The number of hydrogen-bond donors (Lipinski definition) is 2. The van der Waals surface area contributed by atoms with E-state index in [0.717, 1.165) is 0 Å². The number of carbonyl (C=O) groups is 1. The summed E-state index contributed by atoms with van der Waals surface area (Å²) in [6.07, 6.45) is 1.70. The molecule has 2 N–H and O–H groups in total. The molecule has 0 bridgehead atoms. The van der Waals surface area contributed by atoms with Crippen molar-refractivity contribution in [1.29, 1.82) is 5.26 Å². The summed E-state index contributed by atoms with van der Waals surface area (Å²) in [4.78, 5) is 20.6. The van der Waals surface area contributed by atoms with Crippen LogP contribution in [0, 0.1) is 18.3 Å². The molecule has 22 heavy (non-hydrogen) atoms. The van der Waals surface area contributed by atoms with Gasteiger partial charge in [-0.1, -0.05) is 6.08 Å². The van der Waals surface area contributed by atoms with E-state index in [-0.39, 0.29) is 11.6 Å². The standard InChI is InChI=1S/C16H15N5O/c1-3-8-18-15-9-14(19-11(2)20-15)16(22)21-13-6-4-12(10-17)5-7-13/h3-7,9H,1,8H2,2H3,(H,21,22)(H,18,19,20). The molecule has 2 aromatic rings. The molecule has 2 rings (SSSR count). The summed E-state index contributed by atoms with van der Waals surface area (Å²) >= 11 is 0. The van der Waals surface area contributed by atoms with Gasteiger partial charge in [-0.15, -0.1) is 6.58 Å². The predicted molar refractivity (Wildman–Crippen MR) is 84.6 cm³/mol. The van der Waals surface area contributed by atoms with E-state index in [1.807, 2.05) is 6.07 Å². The van der Waals surface area contributed by atoms with Crippen LogP contribution >= 0.6 is 0 Å². The number of aryl methyl sites for hydroxylation is 1. The van der Waals surface area contributed by atoms with Crippen LogP contribution in [0.4, 0.5) is 11.5 Å². The zero-order chi connectivity index (χ0) is 15.9. The summed E-state index contributed by atoms with van der Waals surface area (Å²) < 4.78 is 0. The number of amides is 1. The third-order valence-corrected chi connectivity index (χ3v) is 2.77. The van der Waals surface area contributed by atoms with Crippen LogP contribution in [0.15, 0.2) is 43.0 Å². The number of carbonyl (C=O) groups excluding carboxylic acids is 1. The van der Waals surface area contributed by atoms with Crippen molar-refractivity contribution in [3.8, 4) is 6.07 Å². The van der Waals surface area contributed by atoms with E-state index in [2.05, 4.69) is 27.2 Å². The minimum atomic E-state index is -0.336. The molecule has 6 nitrogen and oxygen atoms in total. The van der Waals surface area contributed by atoms with Gasteiger partial charge in [0, 0.05) is 18.3 Å². The number of rotatable bonds is 5. The Bertz CT molecular complexity index is 731. The third-order valence-electron chi connectivity index (χ3n) is 2.77. The van der Waals surface area contributed by atoms with Gasteiger partial charge in [0.05, 0.1) is 11.6 Å². The first-order valence-electron chi connectivity index (χ1n) is 6.64. The Labute approximate surface area is 128 Å². The molecule has 1 aromatic heterocycles. The van der Waals surface area contributed by atoms with Gasteiger partial charge in [-0.2, -0.15) is 5.26 Å². The summed E-state index contributed by atoms with van der Waals surface area (Å²) in [5.74, 6) is 0.730. The highest BCUT2D eigenvalue weighted by molar-refractivity contribution is 6.03. The SMILES string of the molecule is C=CCNc1cc(C(=O)Nc2ccc(C#N)cc2)nc(C)n1. The second-order valence-electron chi connectivity index (χ2n) is 4.50. The Hall–Kier alpha value is -3.20. The topological polar surface area (TPSA) is 90.7 Å². The molecule has 0 spiro atoms. The number of nitrogens with zero attached hydrogens (tertiary/aromatic N) is 3. The molecule has 110 valence electrons. The molecule has 6 heteroatoms.